The summed E-state index contributed by atoms with van der Waals surface area (Å²) in [4.78, 5) is 11.1. The fourth-order valence-corrected chi connectivity index (χ4v) is 2.89. The van der Waals surface area contributed by atoms with Crippen molar-refractivity contribution < 1.29 is 44.5 Å². The fraction of sp³-hybridized carbons (Fsp3) is 0.929. The Hall–Kier alpha value is -0.810. The number of carboxylic acids is 1. The minimum Gasteiger partial charge on any atom is -0.479 e. The van der Waals surface area contributed by atoms with E-state index in [1.165, 1.54) is 0 Å². The van der Waals surface area contributed by atoms with Crippen LogP contribution in [0.15, 0.2) is 0 Å². The van der Waals surface area contributed by atoms with Gasteiger partial charge in [-0.05, 0) is 6.92 Å². The summed E-state index contributed by atoms with van der Waals surface area (Å²) >= 11 is 0. The first-order valence-electron chi connectivity index (χ1n) is 7.60. The molecule has 9 atom stereocenters. The summed E-state index contributed by atoms with van der Waals surface area (Å²) < 4.78 is 16.3. The number of hydrogen-bond donors (Lipinski definition) is 5. The molecule has 2 aliphatic heterocycles. The van der Waals surface area contributed by atoms with E-state index in [0.29, 0.717) is 6.42 Å². The van der Waals surface area contributed by atoms with Crippen molar-refractivity contribution in [2.75, 3.05) is 6.61 Å². The maximum Gasteiger partial charge on any atom is 0.335 e. The number of ether oxygens (including phenoxy) is 3. The molecule has 5 unspecified atom stereocenters. The summed E-state index contributed by atoms with van der Waals surface area (Å²) in [6.07, 6.45) is -8.90. The predicted molar refractivity (Wildman–Crippen MR) is 74.4 cm³/mol. The Morgan fingerprint density at radius 2 is 1.78 bits per heavy atom. The molecule has 0 amide bonds. The molecule has 2 fully saturated rings. The monoisotopic (exact) mass is 336 g/mol. The van der Waals surface area contributed by atoms with Gasteiger partial charge in [0.1, 0.15) is 18.3 Å². The van der Waals surface area contributed by atoms with Crippen LogP contribution in [0, 0.1) is 5.92 Å². The van der Waals surface area contributed by atoms with E-state index in [4.69, 9.17) is 19.3 Å². The Bertz CT molecular complexity index is 417. The molecule has 0 saturated carbocycles. The van der Waals surface area contributed by atoms with E-state index < -0.39 is 48.9 Å². The average Bonchev–Trinajstić information content (AvgIpc) is 2.51. The van der Waals surface area contributed by atoms with Crippen LogP contribution in [0.5, 0.6) is 0 Å². The van der Waals surface area contributed by atoms with E-state index in [2.05, 4.69) is 0 Å². The van der Waals surface area contributed by atoms with Crippen molar-refractivity contribution in [2.45, 2.75) is 69.3 Å². The largest absolute Gasteiger partial charge is 0.479 e. The van der Waals surface area contributed by atoms with Crippen LogP contribution >= 0.6 is 0 Å². The van der Waals surface area contributed by atoms with Gasteiger partial charge in [-0.3, -0.25) is 0 Å². The van der Waals surface area contributed by atoms with Gasteiger partial charge in [0.05, 0.1) is 24.9 Å². The molecule has 5 N–H and O–H groups in total. The highest BCUT2D eigenvalue weighted by Gasteiger charge is 2.49. The molecule has 2 rings (SSSR count). The summed E-state index contributed by atoms with van der Waals surface area (Å²) in [7, 11) is 0. The predicted octanol–water partition coefficient (Wildman–Crippen LogP) is -1.93. The van der Waals surface area contributed by atoms with Crippen molar-refractivity contribution in [1.29, 1.82) is 0 Å². The smallest absolute Gasteiger partial charge is 0.335 e. The molecule has 9 nitrogen and oxygen atoms in total. The summed E-state index contributed by atoms with van der Waals surface area (Å²) in [6.45, 7) is 3.49. The van der Waals surface area contributed by atoms with Gasteiger partial charge in [-0.15, -0.1) is 0 Å². The third-order valence-corrected chi connectivity index (χ3v) is 4.55. The normalized spacial score (nSPS) is 48.2. The highest BCUT2D eigenvalue weighted by Crippen LogP contribution is 2.31. The molecule has 23 heavy (non-hydrogen) atoms. The molecular weight excluding hydrogens is 312 g/mol. The number of carbonyl (C=O) groups is 1. The first-order chi connectivity index (χ1) is 10.8. The Labute approximate surface area is 133 Å². The van der Waals surface area contributed by atoms with Crippen molar-refractivity contribution in [2.24, 2.45) is 5.92 Å². The fourth-order valence-electron chi connectivity index (χ4n) is 2.89. The Kier molecular flexibility index (Phi) is 5.95. The second-order valence-electron chi connectivity index (χ2n) is 6.15. The third kappa shape index (κ3) is 3.82. The minimum absolute atomic E-state index is 0.0964. The number of carboxylic acid groups (broad SMARTS) is 1. The molecule has 2 heterocycles. The summed E-state index contributed by atoms with van der Waals surface area (Å²) in [5, 5.41) is 47.7. The lowest BCUT2D eigenvalue weighted by molar-refractivity contribution is -0.317. The summed E-state index contributed by atoms with van der Waals surface area (Å²) in [6, 6.07) is 0. The molecule has 0 aromatic rings. The Morgan fingerprint density at radius 1 is 1.13 bits per heavy atom. The average molecular weight is 336 g/mol. The van der Waals surface area contributed by atoms with Crippen LogP contribution in [0.25, 0.3) is 0 Å². The number of aliphatic hydroxyl groups is 4. The lowest BCUT2D eigenvalue weighted by Gasteiger charge is -2.43. The van der Waals surface area contributed by atoms with Gasteiger partial charge >= 0.3 is 5.97 Å². The Morgan fingerprint density at radius 3 is 2.35 bits per heavy atom. The molecule has 9 heteroatoms. The topological polar surface area (TPSA) is 146 Å². The van der Waals surface area contributed by atoms with Crippen LogP contribution in [0.4, 0.5) is 0 Å². The highest BCUT2D eigenvalue weighted by atomic mass is 16.7. The van der Waals surface area contributed by atoms with E-state index in [-0.39, 0.29) is 18.6 Å². The van der Waals surface area contributed by atoms with Gasteiger partial charge in [0.2, 0.25) is 0 Å². The Balaban J connectivity index is 2.09. The molecule has 0 bridgehead atoms. The standard InChI is InChI=1S/C14H24O9/c1-5-6(2)21-7(4-15)3-8(5)22-14-11(18)9(16)10(17)12(23-14)13(19)20/h5-12,14-18H,3-4H2,1-2H3,(H,19,20)/t5?,6?,7?,8-,9-,10-,11?,12?,14+/m0/s1. The van der Waals surface area contributed by atoms with Gasteiger partial charge in [0.25, 0.3) is 0 Å². The van der Waals surface area contributed by atoms with Crippen LogP contribution in [0.2, 0.25) is 0 Å². The van der Waals surface area contributed by atoms with Gasteiger partial charge in [-0.1, -0.05) is 6.92 Å². The van der Waals surface area contributed by atoms with Crippen molar-refractivity contribution in [3.05, 3.63) is 0 Å². The van der Waals surface area contributed by atoms with Crippen LogP contribution in [-0.2, 0) is 19.0 Å². The van der Waals surface area contributed by atoms with Gasteiger partial charge in [0.15, 0.2) is 12.4 Å². The molecular formula is C14H24O9. The van der Waals surface area contributed by atoms with Crippen molar-refractivity contribution in [1.82, 2.24) is 0 Å². The van der Waals surface area contributed by atoms with E-state index in [9.17, 15) is 25.2 Å². The van der Waals surface area contributed by atoms with Gasteiger partial charge in [0, 0.05) is 12.3 Å². The van der Waals surface area contributed by atoms with Crippen LogP contribution in [0.1, 0.15) is 20.3 Å². The SMILES string of the molecule is CC1OC(CO)C[C@H](O[C@@H]2OC(C(=O)O)[C@@H](O)[C@H](O)C2O)C1C. The van der Waals surface area contributed by atoms with Gasteiger partial charge in [-0.25, -0.2) is 4.79 Å². The second kappa shape index (κ2) is 7.39. The van der Waals surface area contributed by atoms with Crippen molar-refractivity contribution >= 4 is 5.97 Å². The number of aliphatic hydroxyl groups excluding tert-OH is 4. The zero-order chi connectivity index (χ0) is 17.3. The quantitative estimate of drug-likeness (QED) is 0.396. The van der Waals surface area contributed by atoms with E-state index in [0.717, 1.165) is 0 Å². The van der Waals surface area contributed by atoms with Gasteiger partial charge < -0.3 is 39.7 Å². The lowest BCUT2D eigenvalue weighted by atomic mass is 9.90. The zero-order valence-electron chi connectivity index (χ0n) is 13.0. The third-order valence-electron chi connectivity index (χ3n) is 4.55. The maximum atomic E-state index is 11.1. The van der Waals surface area contributed by atoms with E-state index in [1.54, 1.807) is 0 Å². The summed E-state index contributed by atoms with van der Waals surface area (Å²) in [5.74, 6) is -1.56. The molecule has 0 spiro atoms. The minimum atomic E-state index is -1.75. The van der Waals surface area contributed by atoms with Crippen molar-refractivity contribution in [3.8, 4) is 0 Å². The first kappa shape index (κ1) is 18.5. The molecule has 0 radical (unpaired) electrons. The van der Waals surface area contributed by atoms with Crippen LogP contribution < -0.4 is 0 Å². The molecule has 0 aliphatic carbocycles. The lowest BCUT2D eigenvalue weighted by Crippen LogP contribution is -2.61. The van der Waals surface area contributed by atoms with E-state index in [1.807, 2.05) is 13.8 Å². The molecule has 0 aromatic carbocycles. The number of rotatable bonds is 4. The molecule has 134 valence electrons. The second-order valence-corrected chi connectivity index (χ2v) is 6.15. The molecule has 2 aliphatic rings. The first-order valence-corrected chi connectivity index (χ1v) is 7.60. The maximum absolute atomic E-state index is 11.1. The molecule has 0 aromatic heterocycles. The van der Waals surface area contributed by atoms with Crippen LogP contribution in [-0.4, -0.2) is 87.1 Å². The highest BCUT2D eigenvalue weighted by molar-refractivity contribution is 5.73. The summed E-state index contributed by atoms with van der Waals surface area (Å²) in [5.41, 5.74) is 0. The van der Waals surface area contributed by atoms with Crippen molar-refractivity contribution in [3.63, 3.8) is 0 Å². The number of hydrogen-bond acceptors (Lipinski definition) is 8. The zero-order valence-corrected chi connectivity index (χ0v) is 13.0. The van der Waals surface area contributed by atoms with Gasteiger partial charge in [-0.2, -0.15) is 0 Å². The number of aliphatic carboxylic acids is 1. The van der Waals surface area contributed by atoms with Crippen LogP contribution in [0.3, 0.4) is 0 Å². The van der Waals surface area contributed by atoms with E-state index >= 15 is 0 Å². The molecule has 2 saturated heterocycles.